The molecule has 1 nitrogen and oxygen atoms in total. The van der Waals surface area contributed by atoms with Gasteiger partial charge in [0, 0.05) is 12.4 Å². The van der Waals surface area contributed by atoms with Gasteiger partial charge in [-0.1, -0.05) is 19.6 Å². The lowest BCUT2D eigenvalue weighted by Gasteiger charge is -1.70. The summed E-state index contributed by atoms with van der Waals surface area (Å²) >= 11 is 0. The van der Waals surface area contributed by atoms with Crippen LogP contribution in [0.2, 0.25) is 0 Å². The van der Waals surface area contributed by atoms with E-state index in [0.717, 1.165) is 0 Å². The molecule has 1 aromatic rings. The first-order valence-electron chi connectivity index (χ1n) is 1.85. The van der Waals surface area contributed by atoms with Crippen molar-refractivity contribution in [3.63, 3.8) is 0 Å². The van der Waals surface area contributed by atoms with Crippen molar-refractivity contribution in [2.24, 2.45) is 0 Å². The third kappa shape index (κ3) is 3.96. The molecule has 0 aromatic carbocycles. The summed E-state index contributed by atoms with van der Waals surface area (Å²) in [7, 11) is 0. The SMILES string of the molecule is [Cl-].[SH3+].c1ccncc1. The molecule has 1 rings (SSSR count). The first-order chi connectivity index (χ1) is 3.00. The molecule has 0 saturated carbocycles. The van der Waals surface area contributed by atoms with Crippen molar-refractivity contribution in [1.82, 2.24) is 4.98 Å². The second kappa shape index (κ2) is 6.79. The lowest BCUT2D eigenvalue weighted by molar-refractivity contribution is -0.00000141. The number of hydrogen-bond donors (Lipinski definition) is 0. The van der Waals surface area contributed by atoms with Crippen molar-refractivity contribution in [2.75, 3.05) is 0 Å². The van der Waals surface area contributed by atoms with Gasteiger partial charge in [-0.15, -0.1) is 0 Å². The third-order valence-corrected chi connectivity index (χ3v) is 0.566. The average molecular weight is 150 g/mol. The molecule has 1 heterocycles. The van der Waals surface area contributed by atoms with Crippen LogP contribution >= 0.6 is 0 Å². The summed E-state index contributed by atoms with van der Waals surface area (Å²) < 4.78 is 0. The zero-order chi connectivity index (χ0) is 4.24. The van der Waals surface area contributed by atoms with Crippen molar-refractivity contribution >= 4 is 13.5 Å². The standard InChI is InChI=1S/C5H5N.ClH.H2S/c1-2-4-6-5-3-1;;/h1-5H;1H;1H2. The fourth-order valence-electron chi connectivity index (χ4n) is 0.313. The van der Waals surface area contributed by atoms with E-state index in [4.69, 9.17) is 0 Å². The van der Waals surface area contributed by atoms with Crippen LogP contribution in [0.25, 0.3) is 0 Å². The Hall–Kier alpha value is -0.210. The van der Waals surface area contributed by atoms with E-state index >= 15 is 0 Å². The van der Waals surface area contributed by atoms with Crippen LogP contribution in [0.4, 0.5) is 0 Å². The molecular weight excluding hydrogens is 142 g/mol. The Morgan fingerprint density at radius 3 is 1.50 bits per heavy atom. The molecule has 1 aromatic heterocycles. The number of aromatic nitrogens is 1. The Balaban J connectivity index is 0. The van der Waals surface area contributed by atoms with Crippen molar-refractivity contribution in [1.29, 1.82) is 0 Å². The van der Waals surface area contributed by atoms with Crippen LogP contribution < -0.4 is 12.4 Å². The Bertz CT molecular complexity index is 84.4. The van der Waals surface area contributed by atoms with Gasteiger partial charge in [0.2, 0.25) is 0 Å². The summed E-state index contributed by atoms with van der Waals surface area (Å²) in [5.41, 5.74) is 0. The molecule has 0 N–H and O–H groups in total. The topological polar surface area (TPSA) is 12.9 Å². The monoisotopic (exact) mass is 149 g/mol. The second-order valence-corrected chi connectivity index (χ2v) is 1.02. The lowest BCUT2D eigenvalue weighted by Crippen LogP contribution is -3.00. The van der Waals surface area contributed by atoms with E-state index in [0.29, 0.717) is 0 Å². The van der Waals surface area contributed by atoms with E-state index in [1.165, 1.54) is 0 Å². The zero-order valence-corrected chi connectivity index (χ0v) is 6.20. The quantitative estimate of drug-likeness (QED) is 0.366. The van der Waals surface area contributed by atoms with Crippen LogP contribution in [0.1, 0.15) is 0 Å². The van der Waals surface area contributed by atoms with Gasteiger partial charge in [-0.2, -0.15) is 0 Å². The average Bonchev–Trinajstić information content (AvgIpc) is 1.72. The number of halogens is 1. The molecule has 3 heteroatoms. The van der Waals surface area contributed by atoms with Gasteiger partial charge in [-0.25, -0.2) is 0 Å². The van der Waals surface area contributed by atoms with Gasteiger partial charge in [0.05, 0.1) is 0 Å². The molecule has 0 aliphatic heterocycles. The molecule has 0 fully saturated rings. The Kier molecular flexibility index (Phi) is 9.09. The highest BCUT2D eigenvalue weighted by Crippen LogP contribution is 1.73. The van der Waals surface area contributed by atoms with E-state index in [1.807, 2.05) is 18.2 Å². The molecule has 0 unspecified atom stereocenters. The van der Waals surface area contributed by atoms with E-state index in [-0.39, 0.29) is 25.9 Å². The fraction of sp³-hybridized carbons (Fsp3) is 0. The first kappa shape index (κ1) is 10.7. The highest BCUT2D eigenvalue weighted by atomic mass is 35.5. The van der Waals surface area contributed by atoms with Crippen LogP contribution in [0.15, 0.2) is 30.6 Å². The van der Waals surface area contributed by atoms with E-state index < -0.39 is 0 Å². The number of rotatable bonds is 0. The minimum Gasteiger partial charge on any atom is -1.00 e. The Labute approximate surface area is 62.0 Å². The van der Waals surface area contributed by atoms with E-state index in [9.17, 15) is 0 Å². The molecule has 0 saturated heterocycles. The van der Waals surface area contributed by atoms with Crippen molar-refractivity contribution in [3.8, 4) is 0 Å². The predicted molar refractivity (Wildman–Crippen MR) is 35.8 cm³/mol. The predicted octanol–water partition coefficient (Wildman–Crippen LogP) is -2.72. The molecule has 0 bridgehead atoms. The van der Waals surface area contributed by atoms with Gasteiger partial charge in [0.15, 0.2) is 0 Å². The van der Waals surface area contributed by atoms with Crippen LogP contribution in [-0.2, 0) is 13.5 Å². The van der Waals surface area contributed by atoms with Gasteiger partial charge in [0.1, 0.15) is 0 Å². The molecule has 46 valence electrons. The molecular formula is C5H8ClNS. The minimum absolute atomic E-state index is 0. The summed E-state index contributed by atoms with van der Waals surface area (Å²) in [6, 6.07) is 5.72. The van der Waals surface area contributed by atoms with Crippen LogP contribution in [0.5, 0.6) is 0 Å². The molecule has 8 heavy (non-hydrogen) atoms. The maximum Gasteiger partial charge on any atom is 0.0267 e. The molecule has 0 spiro atoms. The number of nitrogens with zero attached hydrogens (tertiary/aromatic N) is 1. The van der Waals surface area contributed by atoms with Gasteiger partial charge >= 0.3 is 0 Å². The summed E-state index contributed by atoms with van der Waals surface area (Å²) in [5.74, 6) is 0. The Morgan fingerprint density at radius 1 is 0.875 bits per heavy atom. The van der Waals surface area contributed by atoms with Gasteiger partial charge in [-0.05, 0) is 12.1 Å². The maximum absolute atomic E-state index is 3.78. The summed E-state index contributed by atoms with van der Waals surface area (Å²) in [4.78, 5) is 3.78. The minimum atomic E-state index is 0. The molecule has 0 aliphatic carbocycles. The normalized spacial score (nSPS) is 6.00. The lowest BCUT2D eigenvalue weighted by atomic mass is 10.5. The first-order valence-corrected chi connectivity index (χ1v) is 1.85. The Morgan fingerprint density at radius 2 is 1.38 bits per heavy atom. The van der Waals surface area contributed by atoms with Gasteiger partial charge in [-0.3, -0.25) is 4.98 Å². The molecule has 0 amide bonds. The van der Waals surface area contributed by atoms with Gasteiger partial charge < -0.3 is 12.4 Å². The van der Waals surface area contributed by atoms with Crippen molar-refractivity contribution in [2.45, 2.75) is 0 Å². The van der Waals surface area contributed by atoms with Crippen molar-refractivity contribution < 1.29 is 12.4 Å². The smallest absolute Gasteiger partial charge is 0.0267 e. The highest BCUT2D eigenvalue weighted by Gasteiger charge is 1.58. The van der Waals surface area contributed by atoms with E-state index in [2.05, 4.69) is 4.98 Å². The largest absolute Gasteiger partial charge is 1.00 e. The number of hydrogen-bond acceptors (Lipinski definition) is 1. The number of pyridine rings is 1. The highest BCUT2D eigenvalue weighted by molar-refractivity contribution is 7.37. The summed E-state index contributed by atoms with van der Waals surface area (Å²) in [6.45, 7) is 0. The van der Waals surface area contributed by atoms with Crippen LogP contribution in [0.3, 0.4) is 0 Å². The fourth-order valence-corrected chi connectivity index (χ4v) is 0.313. The maximum atomic E-state index is 3.78. The van der Waals surface area contributed by atoms with Crippen molar-refractivity contribution in [3.05, 3.63) is 30.6 Å². The second-order valence-electron chi connectivity index (χ2n) is 1.02. The molecule has 0 aliphatic rings. The van der Waals surface area contributed by atoms with Crippen LogP contribution in [-0.4, -0.2) is 4.98 Å². The molecule has 0 radical (unpaired) electrons. The zero-order valence-electron chi connectivity index (χ0n) is 4.29. The summed E-state index contributed by atoms with van der Waals surface area (Å²) in [5, 5.41) is 0. The third-order valence-electron chi connectivity index (χ3n) is 0.566. The van der Waals surface area contributed by atoms with E-state index in [1.54, 1.807) is 12.4 Å². The molecule has 0 atom stereocenters. The van der Waals surface area contributed by atoms with Crippen LogP contribution in [0, 0.1) is 0 Å². The van der Waals surface area contributed by atoms with Gasteiger partial charge in [0.25, 0.3) is 0 Å². The summed E-state index contributed by atoms with van der Waals surface area (Å²) in [6.07, 6.45) is 3.50.